The fraction of sp³-hybridized carbons (Fsp3) is 0.818. The molecule has 0 radical (unpaired) electrons. The molecule has 1 amide bonds. The molecule has 0 aromatic rings. The average molecular weight is 244 g/mol. The standard InChI is InChI=1S/C11H20N2O4/c1-7(2)11(3-4-12-6-11)10(17)13-5-8(14)9(15)16/h7-8,12,14H,3-6H2,1-2H3,(H,13,17)(H,15,16)/t8-,11?/m0/s1. The van der Waals surface area contributed by atoms with E-state index in [1.54, 1.807) is 0 Å². The van der Waals surface area contributed by atoms with Gasteiger partial charge < -0.3 is 20.8 Å². The number of aliphatic hydroxyl groups is 1. The van der Waals surface area contributed by atoms with Crippen molar-refractivity contribution >= 4 is 11.9 Å². The van der Waals surface area contributed by atoms with Crippen LogP contribution in [0.3, 0.4) is 0 Å². The minimum atomic E-state index is -1.54. The highest BCUT2D eigenvalue weighted by Crippen LogP contribution is 2.34. The number of aliphatic hydroxyl groups excluding tert-OH is 1. The van der Waals surface area contributed by atoms with Crippen LogP contribution >= 0.6 is 0 Å². The number of aliphatic carboxylic acids is 1. The molecule has 0 bridgehead atoms. The van der Waals surface area contributed by atoms with Crippen LogP contribution in [0, 0.1) is 11.3 Å². The van der Waals surface area contributed by atoms with Gasteiger partial charge in [0.25, 0.3) is 0 Å². The Morgan fingerprint density at radius 2 is 2.12 bits per heavy atom. The number of carbonyl (C=O) groups is 2. The monoisotopic (exact) mass is 244 g/mol. The largest absolute Gasteiger partial charge is 0.479 e. The Bertz CT molecular complexity index is 298. The van der Waals surface area contributed by atoms with Crippen molar-refractivity contribution in [2.75, 3.05) is 19.6 Å². The lowest BCUT2D eigenvalue weighted by molar-refractivity contribution is -0.146. The molecule has 2 atom stereocenters. The lowest BCUT2D eigenvalue weighted by Gasteiger charge is -2.31. The van der Waals surface area contributed by atoms with Gasteiger partial charge in [0.05, 0.1) is 12.0 Å². The Labute approximate surface area is 100 Å². The van der Waals surface area contributed by atoms with Crippen molar-refractivity contribution in [1.82, 2.24) is 10.6 Å². The van der Waals surface area contributed by atoms with Crippen LogP contribution in [0.1, 0.15) is 20.3 Å². The molecule has 0 aromatic carbocycles. The van der Waals surface area contributed by atoms with Crippen molar-refractivity contribution in [3.8, 4) is 0 Å². The zero-order valence-electron chi connectivity index (χ0n) is 10.2. The molecule has 17 heavy (non-hydrogen) atoms. The van der Waals surface area contributed by atoms with Crippen molar-refractivity contribution in [3.63, 3.8) is 0 Å². The molecular formula is C11H20N2O4. The van der Waals surface area contributed by atoms with Gasteiger partial charge in [-0.25, -0.2) is 4.79 Å². The van der Waals surface area contributed by atoms with E-state index in [4.69, 9.17) is 10.2 Å². The van der Waals surface area contributed by atoms with Crippen LogP contribution in [-0.4, -0.2) is 47.8 Å². The van der Waals surface area contributed by atoms with E-state index in [0.717, 1.165) is 13.0 Å². The Kier molecular flexibility index (Phi) is 4.47. The number of carboxylic acids is 1. The highest BCUT2D eigenvalue weighted by Gasteiger charge is 2.43. The molecule has 0 aliphatic carbocycles. The predicted octanol–water partition coefficient (Wildman–Crippen LogP) is -0.816. The van der Waals surface area contributed by atoms with Gasteiger partial charge in [-0.2, -0.15) is 0 Å². The first-order valence-electron chi connectivity index (χ1n) is 5.80. The molecule has 1 unspecified atom stereocenters. The molecule has 6 heteroatoms. The predicted molar refractivity (Wildman–Crippen MR) is 61.4 cm³/mol. The third-order valence-corrected chi connectivity index (χ3v) is 3.49. The minimum absolute atomic E-state index is 0.166. The molecule has 6 nitrogen and oxygen atoms in total. The number of nitrogens with one attached hydrogen (secondary N) is 2. The van der Waals surface area contributed by atoms with Crippen molar-refractivity contribution in [3.05, 3.63) is 0 Å². The van der Waals surface area contributed by atoms with Gasteiger partial charge >= 0.3 is 5.97 Å². The van der Waals surface area contributed by atoms with Gasteiger partial charge in [0.1, 0.15) is 0 Å². The van der Waals surface area contributed by atoms with E-state index >= 15 is 0 Å². The summed E-state index contributed by atoms with van der Waals surface area (Å²) in [4.78, 5) is 22.5. The van der Waals surface area contributed by atoms with Gasteiger partial charge in [-0.05, 0) is 18.9 Å². The average Bonchev–Trinajstić information content (AvgIpc) is 2.75. The summed E-state index contributed by atoms with van der Waals surface area (Å²) in [6, 6.07) is 0. The molecule has 0 spiro atoms. The Balaban J connectivity index is 2.58. The number of hydrogen-bond acceptors (Lipinski definition) is 4. The highest BCUT2D eigenvalue weighted by atomic mass is 16.4. The van der Waals surface area contributed by atoms with Crippen molar-refractivity contribution in [2.24, 2.45) is 11.3 Å². The van der Waals surface area contributed by atoms with E-state index in [9.17, 15) is 9.59 Å². The molecule has 4 N–H and O–H groups in total. The summed E-state index contributed by atoms with van der Waals surface area (Å²) >= 11 is 0. The molecule has 1 fully saturated rings. The summed E-state index contributed by atoms with van der Waals surface area (Å²) in [5.74, 6) is -1.34. The zero-order chi connectivity index (χ0) is 13.1. The second kappa shape index (κ2) is 5.46. The summed E-state index contributed by atoms with van der Waals surface area (Å²) in [5, 5.41) is 23.3. The molecule has 98 valence electrons. The van der Waals surface area contributed by atoms with Crippen LogP contribution < -0.4 is 10.6 Å². The third kappa shape index (κ3) is 2.95. The SMILES string of the molecule is CC(C)C1(C(=O)NC[C@H](O)C(=O)O)CCNC1. The second-order valence-electron chi connectivity index (χ2n) is 4.80. The number of hydrogen-bond donors (Lipinski definition) is 4. The number of rotatable bonds is 5. The zero-order valence-corrected chi connectivity index (χ0v) is 10.2. The summed E-state index contributed by atoms with van der Waals surface area (Å²) in [5.41, 5.74) is -0.488. The number of amides is 1. The van der Waals surface area contributed by atoms with Crippen LogP contribution in [0.15, 0.2) is 0 Å². The normalized spacial score (nSPS) is 25.9. The smallest absolute Gasteiger partial charge is 0.334 e. The fourth-order valence-electron chi connectivity index (χ4n) is 2.11. The Hall–Kier alpha value is -1.14. The van der Waals surface area contributed by atoms with Crippen LogP contribution in [0.5, 0.6) is 0 Å². The maximum atomic E-state index is 12.1. The highest BCUT2D eigenvalue weighted by molar-refractivity contribution is 5.84. The van der Waals surface area contributed by atoms with E-state index in [-0.39, 0.29) is 18.4 Å². The molecule has 1 heterocycles. The Morgan fingerprint density at radius 3 is 2.53 bits per heavy atom. The van der Waals surface area contributed by atoms with Crippen LogP contribution in [-0.2, 0) is 9.59 Å². The summed E-state index contributed by atoms with van der Waals surface area (Å²) in [6.45, 7) is 5.08. The summed E-state index contributed by atoms with van der Waals surface area (Å²) in [7, 11) is 0. The molecule has 1 aliphatic rings. The molecule has 0 saturated carbocycles. The molecule has 1 saturated heterocycles. The van der Waals surface area contributed by atoms with Crippen LogP contribution in [0.25, 0.3) is 0 Å². The van der Waals surface area contributed by atoms with Crippen LogP contribution in [0.2, 0.25) is 0 Å². The quantitative estimate of drug-likeness (QED) is 0.506. The molecule has 1 aliphatic heterocycles. The fourth-order valence-corrected chi connectivity index (χ4v) is 2.11. The lowest BCUT2D eigenvalue weighted by Crippen LogP contribution is -2.48. The van der Waals surface area contributed by atoms with Gasteiger partial charge in [-0.15, -0.1) is 0 Å². The van der Waals surface area contributed by atoms with E-state index < -0.39 is 17.5 Å². The van der Waals surface area contributed by atoms with E-state index in [2.05, 4.69) is 10.6 Å². The van der Waals surface area contributed by atoms with Gasteiger partial charge in [-0.1, -0.05) is 13.8 Å². The van der Waals surface area contributed by atoms with E-state index in [0.29, 0.717) is 6.54 Å². The topological polar surface area (TPSA) is 98.7 Å². The molecule has 0 aromatic heterocycles. The van der Waals surface area contributed by atoms with Gasteiger partial charge in [-0.3, -0.25) is 4.79 Å². The number of carbonyl (C=O) groups excluding carboxylic acids is 1. The third-order valence-electron chi connectivity index (χ3n) is 3.49. The molecule has 1 rings (SSSR count). The van der Waals surface area contributed by atoms with Crippen molar-refractivity contribution < 1.29 is 19.8 Å². The van der Waals surface area contributed by atoms with E-state index in [1.165, 1.54) is 0 Å². The maximum absolute atomic E-state index is 12.1. The first-order chi connectivity index (χ1) is 7.90. The second-order valence-corrected chi connectivity index (χ2v) is 4.80. The Morgan fingerprint density at radius 1 is 1.47 bits per heavy atom. The molecular weight excluding hydrogens is 224 g/mol. The van der Waals surface area contributed by atoms with Crippen molar-refractivity contribution in [1.29, 1.82) is 0 Å². The minimum Gasteiger partial charge on any atom is -0.479 e. The number of carboxylic acid groups (broad SMARTS) is 1. The van der Waals surface area contributed by atoms with Crippen LogP contribution in [0.4, 0.5) is 0 Å². The van der Waals surface area contributed by atoms with Gasteiger partial charge in [0.2, 0.25) is 5.91 Å². The summed E-state index contributed by atoms with van der Waals surface area (Å²) in [6.07, 6.45) is -0.808. The van der Waals surface area contributed by atoms with Crippen molar-refractivity contribution in [2.45, 2.75) is 26.4 Å². The first-order valence-corrected chi connectivity index (χ1v) is 5.80. The summed E-state index contributed by atoms with van der Waals surface area (Å²) < 4.78 is 0. The van der Waals surface area contributed by atoms with E-state index in [1.807, 2.05) is 13.8 Å². The maximum Gasteiger partial charge on any atom is 0.334 e. The first kappa shape index (κ1) is 13.9. The van der Waals surface area contributed by atoms with Gasteiger partial charge in [0, 0.05) is 6.54 Å². The lowest BCUT2D eigenvalue weighted by atomic mass is 9.75. The van der Waals surface area contributed by atoms with Gasteiger partial charge in [0.15, 0.2) is 6.10 Å².